The highest BCUT2D eigenvalue weighted by Crippen LogP contribution is 2.27. The average Bonchev–Trinajstić information content (AvgIpc) is 2.89. The standard InChI is InChI=1S/C18H13Cl2NO3/c1-10(22)12-3-4-13-14(18(23)24)9-21(17(13)7-12)8-11-2-5-15(19)16(20)6-11/h2-7,9H,8H2,1H3,(H,23,24). The Hall–Kier alpha value is -2.30. The Kier molecular flexibility index (Phi) is 4.35. The van der Waals surface area contributed by atoms with Crippen molar-refractivity contribution in [3.8, 4) is 0 Å². The van der Waals surface area contributed by atoms with Crippen molar-refractivity contribution in [3.05, 3.63) is 69.3 Å². The molecule has 0 radical (unpaired) electrons. The Labute approximate surface area is 148 Å². The fourth-order valence-corrected chi connectivity index (χ4v) is 2.97. The summed E-state index contributed by atoms with van der Waals surface area (Å²) in [4.78, 5) is 23.1. The third kappa shape index (κ3) is 3.03. The van der Waals surface area contributed by atoms with Gasteiger partial charge in [-0.15, -0.1) is 0 Å². The number of carboxylic acids is 1. The number of aromatic nitrogens is 1. The van der Waals surface area contributed by atoms with Crippen LogP contribution in [-0.2, 0) is 6.54 Å². The van der Waals surface area contributed by atoms with Crippen molar-refractivity contribution in [1.82, 2.24) is 4.57 Å². The molecule has 0 saturated carbocycles. The van der Waals surface area contributed by atoms with E-state index in [1.54, 1.807) is 41.1 Å². The van der Waals surface area contributed by atoms with Gasteiger partial charge in [-0.25, -0.2) is 4.79 Å². The van der Waals surface area contributed by atoms with Gasteiger partial charge >= 0.3 is 5.97 Å². The van der Waals surface area contributed by atoms with Crippen LogP contribution in [0, 0.1) is 0 Å². The Morgan fingerprint density at radius 2 is 1.83 bits per heavy atom. The number of ketones is 1. The second-order valence-corrected chi connectivity index (χ2v) is 6.33. The van der Waals surface area contributed by atoms with E-state index < -0.39 is 5.97 Å². The number of benzene rings is 2. The van der Waals surface area contributed by atoms with Crippen molar-refractivity contribution in [2.45, 2.75) is 13.5 Å². The van der Waals surface area contributed by atoms with Gasteiger partial charge in [0.1, 0.15) is 0 Å². The van der Waals surface area contributed by atoms with Crippen molar-refractivity contribution < 1.29 is 14.7 Å². The first-order valence-electron chi connectivity index (χ1n) is 7.18. The summed E-state index contributed by atoms with van der Waals surface area (Å²) in [6.07, 6.45) is 1.57. The SMILES string of the molecule is CC(=O)c1ccc2c(C(=O)O)cn(Cc3ccc(Cl)c(Cl)c3)c2c1. The van der Waals surface area contributed by atoms with Crippen molar-refractivity contribution >= 4 is 45.9 Å². The quantitative estimate of drug-likeness (QED) is 0.672. The Morgan fingerprint density at radius 1 is 1.08 bits per heavy atom. The second kappa shape index (κ2) is 6.30. The van der Waals surface area contributed by atoms with Crippen LogP contribution in [0.15, 0.2) is 42.6 Å². The van der Waals surface area contributed by atoms with Gasteiger partial charge in [0, 0.05) is 29.2 Å². The van der Waals surface area contributed by atoms with Crippen LogP contribution in [-0.4, -0.2) is 21.4 Å². The molecule has 4 nitrogen and oxygen atoms in total. The van der Waals surface area contributed by atoms with Crippen molar-refractivity contribution in [3.63, 3.8) is 0 Å². The van der Waals surface area contributed by atoms with Crippen LogP contribution in [0.4, 0.5) is 0 Å². The molecule has 3 aromatic rings. The van der Waals surface area contributed by atoms with Gasteiger partial charge in [0.2, 0.25) is 0 Å². The van der Waals surface area contributed by atoms with E-state index in [1.165, 1.54) is 6.92 Å². The highest BCUT2D eigenvalue weighted by Gasteiger charge is 2.16. The van der Waals surface area contributed by atoms with Gasteiger partial charge in [-0.2, -0.15) is 0 Å². The first-order chi connectivity index (χ1) is 11.4. The van der Waals surface area contributed by atoms with E-state index in [-0.39, 0.29) is 11.3 Å². The number of aromatic carboxylic acids is 1. The predicted octanol–water partition coefficient (Wildman–Crippen LogP) is 4.90. The molecule has 0 aliphatic rings. The molecule has 0 aliphatic carbocycles. The van der Waals surface area contributed by atoms with Gasteiger partial charge in [0.05, 0.1) is 15.6 Å². The van der Waals surface area contributed by atoms with E-state index in [1.807, 2.05) is 6.07 Å². The van der Waals surface area contributed by atoms with Gasteiger partial charge in [0.25, 0.3) is 0 Å². The molecule has 0 unspecified atom stereocenters. The molecule has 0 amide bonds. The molecular weight excluding hydrogens is 349 g/mol. The van der Waals surface area contributed by atoms with Gasteiger partial charge < -0.3 is 9.67 Å². The molecule has 2 aromatic carbocycles. The smallest absolute Gasteiger partial charge is 0.337 e. The van der Waals surface area contributed by atoms with Crippen LogP contribution in [0.5, 0.6) is 0 Å². The summed E-state index contributed by atoms with van der Waals surface area (Å²) in [6, 6.07) is 10.3. The predicted molar refractivity (Wildman–Crippen MR) is 94.5 cm³/mol. The number of Topliss-reactive ketones (excluding diaryl/α,β-unsaturated/α-hetero) is 1. The summed E-state index contributed by atoms with van der Waals surface area (Å²) in [6.45, 7) is 1.90. The number of halogens is 2. The largest absolute Gasteiger partial charge is 0.478 e. The second-order valence-electron chi connectivity index (χ2n) is 5.51. The monoisotopic (exact) mass is 361 g/mol. The topological polar surface area (TPSA) is 59.3 Å². The zero-order chi connectivity index (χ0) is 17.4. The molecule has 1 N–H and O–H groups in total. The van der Waals surface area contributed by atoms with Crippen LogP contribution in [0.1, 0.15) is 33.2 Å². The average molecular weight is 362 g/mol. The minimum Gasteiger partial charge on any atom is -0.478 e. The first-order valence-corrected chi connectivity index (χ1v) is 7.93. The molecule has 1 aromatic heterocycles. The third-order valence-corrected chi connectivity index (χ3v) is 4.60. The number of carbonyl (C=O) groups excluding carboxylic acids is 1. The van der Waals surface area contributed by atoms with E-state index in [0.29, 0.717) is 33.1 Å². The lowest BCUT2D eigenvalue weighted by Crippen LogP contribution is -1.99. The molecule has 0 atom stereocenters. The number of rotatable bonds is 4. The maximum Gasteiger partial charge on any atom is 0.337 e. The molecule has 0 saturated heterocycles. The molecule has 0 bridgehead atoms. The highest BCUT2D eigenvalue weighted by atomic mass is 35.5. The number of carboxylic acid groups (broad SMARTS) is 1. The fourth-order valence-electron chi connectivity index (χ4n) is 2.65. The molecule has 24 heavy (non-hydrogen) atoms. The number of nitrogens with zero attached hydrogens (tertiary/aromatic N) is 1. The zero-order valence-corrected chi connectivity index (χ0v) is 14.2. The number of fused-ring (bicyclic) bond motifs is 1. The van der Waals surface area contributed by atoms with Gasteiger partial charge in [-0.1, -0.05) is 41.4 Å². The Balaban J connectivity index is 2.14. The summed E-state index contributed by atoms with van der Waals surface area (Å²) < 4.78 is 1.80. The van der Waals surface area contributed by atoms with Gasteiger partial charge in [-0.05, 0) is 30.7 Å². The van der Waals surface area contributed by atoms with E-state index in [2.05, 4.69) is 0 Å². The first kappa shape index (κ1) is 16.6. The highest BCUT2D eigenvalue weighted by molar-refractivity contribution is 6.42. The summed E-state index contributed by atoms with van der Waals surface area (Å²) in [5.74, 6) is -1.08. The van der Waals surface area contributed by atoms with Crippen molar-refractivity contribution in [1.29, 1.82) is 0 Å². The van der Waals surface area contributed by atoms with Crippen LogP contribution >= 0.6 is 23.2 Å². The van der Waals surface area contributed by atoms with E-state index in [9.17, 15) is 14.7 Å². The van der Waals surface area contributed by atoms with E-state index in [0.717, 1.165) is 5.56 Å². The molecule has 122 valence electrons. The van der Waals surface area contributed by atoms with Crippen LogP contribution in [0.25, 0.3) is 10.9 Å². The van der Waals surface area contributed by atoms with Crippen molar-refractivity contribution in [2.75, 3.05) is 0 Å². The minimum atomic E-state index is -1.01. The molecule has 3 rings (SSSR count). The lowest BCUT2D eigenvalue weighted by atomic mass is 10.1. The lowest BCUT2D eigenvalue weighted by molar-refractivity contribution is 0.0698. The van der Waals surface area contributed by atoms with Crippen LogP contribution < -0.4 is 0 Å². The van der Waals surface area contributed by atoms with Crippen LogP contribution in [0.2, 0.25) is 10.0 Å². The molecule has 0 spiro atoms. The lowest BCUT2D eigenvalue weighted by Gasteiger charge is -2.07. The maximum absolute atomic E-state index is 11.6. The van der Waals surface area contributed by atoms with E-state index in [4.69, 9.17) is 23.2 Å². The number of hydrogen-bond acceptors (Lipinski definition) is 2. The summed E-state index contributed by atoms with van der Waals surface area (Å²) in [5.41, 5.74) is 2.30. The molecule has 0 aliphatic heterocycles. The van der Waals surface area contributed by atoms with Crippen LogP contribution in [0.3, 0.4) is 0 Å². The molecule has 1 heterocycles. The van der Waals surface area contributed by atoms with E-state index >= 15 is 0 Å². The molecule has 0 fully saturated rings. The number of hydrogen-bond donors (Lipinski definition) is 1. The van der Waals surface area contributed by atoms with Crippen molar-refractivity contribution in [2.24, 2.45) is 0 Å². The van der Waals surface area contributed by atoms with Gasteiger partial charge in [0.15, 0.2) is 5.78 Å². The minimum absolute atomic E-state index is 0.0731. The fraction of sp³-hybridized carbons (Fsp3) is 0.111. The maximum atomic E-state index is 11.6. The Bertz CT molecular complexity index is 976. The third-order valence-electron chi connectivity index (χ3n) is 3.86. The number of carbonyl (C=O) groups is 2. The normalized spacial score (nSPS) is 11.0. The molecular formula is C18H13Cl2NO3. The molecule has 6 heteroatoms. The Morgan fingerprint density at radius 3 is 2.46 bits per heavy atom. The van der Waals surface area contributed by atoms with Gasteiger partial charge in [-0.3, -0.25) is 4.79 Å². The summed E-state index contributed by atoms with van der Waals surface area (Å²) >= 11 is 12.0. The summed E-state index contributed by atoms with van der Waals surface area (Å²) in [7, 11) is 0. The zero-order valence-electron chi connectivity index (χ0n) is 12.7. The summed E-state index contributed by atoms with van der Waals surface area (Å²) in [5, 5.41) is 10.9.